The minimum Gasteiger partial charge on any atom is -0.495 e. The lowest BCUT2D eigenvalue weighted by Gasteiger charge is -2.23. The van der Waals surface area contributed by atoms with Crippen molar-refractivity contribution in [2.45, 2.75) is 38.8 Å². The van der Waals surface area contributed by atoms with E-state index in [1.54, 1.807) is 33.0 Å². The molecule has 0 saturated carbocycles. The summed E-state index contributed by atoms with van der Waals surface area (Å²) in [5.74, 6) is -0.0351. The smallest absolute Gasteiger partial charge is 0.408 e. The first-order valence-corrected chi connectivity index (χ1v) is 6.81. The summed E-state index contributed by atoms with van der Waals surface area (Å²) in [5.41, 5.74) is 0.0722. The van der Waals surface area contributed by atoms with Crippen molar-refractivity contribution in [3.8, 4) is 5.75 Å². The Morgan fingerprint density at radius 2 is 2.00 bits per heavy atom. The number of pyridine rings is 1. The number of amides is 1. The van der Waals surface area contributed by atoms with Crippen molar-refractivity contribution in [2.75, 3.05) is 14.2 Å². The molecular formula is C15H22N2O5. The number of alkyl carbamates (subject to hydrolysis) is 1. The standard InChI is InChI=1S/C15H22N2O5/c1-15(2,3)22-14(19)17-11(13(18)21-5)8-10-6-7-16-9-12(10)20-4/h6-7,9,11H,8H2,1-5H3,(H,17,19)/t11-/m1/s1. The molecule has 7 heteroatoms. The molecule has 0 fully saturated rings. The molecule has 7 nitrogen and oxygen atoms in total. The second kappa shape index (κ2) is 7.63. The van der Waals surface area contributed by atoms with Crippen molar-refractivity contribution in [1.29, 1.82) is 0 Å². The summed E-state index contributed by atoms with van der Waals surface area (Å²) in [7, 11) is 2.77. The highest BCUT2D eigenvalue weighted by Crippen LogP contribution is 2.18. The maximum atomic E-state index is 11.9. The lowest BCUT2D eigenvalue weighted by atomic mass is 10.1. The Morgan fingerprint density at radius 1 is 1.32 bits per heavy atom. The first kappa shape index (κ1) is 17.7. The Hall–Kier alpha value is -2.31. The molecule has 1 atom stereocenters. The van der Waals surface area contributed by atoms with Crippen LogP contribution >= 0.6 is 0 Å². The van der Waals surface area contributed by atoms with Gasteiger partial charge >= 0.3 is 12.1 Å². The zero-order valence-corrected chi connectivity index (χ0v) is 13.5. The minimum atomic E-state index is -0.879. The van der Waals surface area contributed by atoms with Crippen LogP contribution < -0.4 is 10.1 Å². The average Bonchev–Trinajstić information content (AvgIpc) is 2.44. The van der Waals surface area contributed by atoms with E-state index in [1.165, 1.54) is 20.4 Å². The van der Waals surface area contributed by atoms with Crippen molar-refractivity contribution in [3.05, 3.63) is 24.0 Å². The fourth-order valence-electron chi connectivity index (χ4n) is 1.77. The number of ether oxygens (including phenoxy) is 3. The molecule has 1 heterocycles. The SMILES string of the molecule is COC(=O)[C@@H](Cc1ccncc1OC)NC(=O)OC(C)(C)C. The second-order valence-electron chi connectivity index (χ2n) is 5.61. The third-order valence-electron chi connectivity index (χ3n) is 2.69. The van der Waals surface area contributed by atoms with E-state index in [2.05, 4.69) is 10.3 Å². The highest BCUT2D eigenvalue weighted by molar-refractivity contribution is 5.81. The molecule has 1 aromatic rings. The normalized spacial score (nSPS) is 12.2. The van der Waals surface area contributed by atoms with Gasteiger partial charge in [0.2, 0.25) is 0 Å². The quantitative estimate of drug-likeness (QED) is 0.833. The van der Waals surface area contributed by atoms with Gasteiger partial charge in [-0.2, -0.15) is 0 Å². The molecule has 1 rings (SSSR count). The first-order valence-electron chi connectivity index (χ1n) is 6.81. The number of carbonyl (C=O) groups excluding carboxylic acids is 2. The van der Waals surface area contributed by atoms with Gasteiger partial charge in [0.25, 0.3) is 0 Å². The van der Waals surface area contributed by atoms with Crippen molar-refractivity contribution in [1.82, 2.24) is 10.3 Å². The monoisotopic (exact) mass is 310 g/mol. The van der Waals surface area contributed by atoms with Crippen LogP contribution in [-0.2, 0) is 20.7 Å². The zero-order valence-electron chi connectivity index (χ0n) is 13.5. The number of rotatable bonds is 5. The number of hydrogen-bond acceptors (Lipinski definition) is 6. The molecule has 0 bridgehead atoms. The van der Waals surface area contributed by atoms with Crippen LogP contribution in [-0.4, -0.2) is 42.9 Å². The molecule has 0 aliphatic carbocycles. The highest BCUT2D eigenvalue weighted by Gasteiger charge is 2.26. The first-order chi connectivity index (χ1) is 10.3. The zero-order chi connectivity index (χ0) is 16.8. The van der Waals surface area contributed by atoms with Gasteiger partial charge in [0.05, 0.1) is 20.4 Å². The van der Waals surface area contributed by atoms with E-state index in [0.29, 0.717) is 5.75 Å². The Morgan fingerprint density at radius 3 is 2.55 bits per heavy atom. The van der Waals surface area contributed by atoms with Gasteiger partial charge in [0.15, 0.2) is 0 Å². The van der Waals surface area contributed by atoms with Crippen LogP contribution in [0.15, 0.2) is 18.5 Å². The van der Waals surface area contributed by atoms with E-state index < -0.39 is 23.7 Å². The maximum Gasteiger partial charge on any atom is 0.408 e. The van der Waals surface area contributed by atoms with E-state index in [1.807, 2.05) is 0 Å². The Kier molecular flexibility index (Phi) is 6.15. The van der Waals surface area contributed by atoms with Crippen LogP contribution in [0.25, 0.3) is 0 Å². The predicted molar refractivity (Wildman–Crippen MR) is 79.7 cm³/mol. The number of carbonyl (C=O) groups is 2. The Labute approximate surface area is 130 Å². The van der Waals surface area contributed by atoms with E-state index >= 15 is 0 Å². The number of esters is 1. The van der Waals surface area contributed by atoms with E-state index in [-0.39, 0.29) is 6.42 Å². The van der Waals surface area contributed by atoms with Crippen molar-refractivity contribution < 1.29 is 23.8 Å². The number of hydrogen-bond donors (Lipinski definition) is 1. The van der Waals surface area contributed by atoms with Gasteiger partial charge in [0.1, 0.15) is 17.4 Å². The molecule has 0 radical (unpaired) electrons. The van der Waals surface area contributed by atoms with Gasteiger partial charge < -0.3 is 19.5 Å². The van der Waals surface area contributed by atoms with Crippen LogP contribution in [0.1, 0.15) is 26.3 Å². The molecule has 1 N–H and O–H groups in total. The van der Waals surface area contributed by atoms with E-state index in [0.717, 1.165) is 5.56 Å². The van der Waals surface area contributed by atoms with Gasteiger partial charge in [-0.3, -0.25) is 4.98 Å². The minimum absolute atomic E-state index is 0.206. The summed E-state index contributed by atoms with van der Waals surface area (Å²) in [6.07, 6.45) is 2.64. The van der Waals surface area contributed by atoms with Crippen molar-refractivity contribution >= 4 is 12.1 Å². The lowest BCUT2D eigenvalue weighted by molar-refractivity contribution is -0.143. The molecule has 1 aromatic heterocycles. The van der Waals surface area contributed by atoms with E-state index in [4.69, 9.17) is 14.2 Å². The third-order valence-corrected chi connectivity index (χ3v) is 2.69. The molecule has 1 amide bonds. The number of aromatic nitrogens is 1. The summed E-state index contributed by atoms with van der Waals surface area (Å²) in [6, 6.07) is 0.835. The van der Waals surface area contributed by atoms with Crippen LogP contribution in [0.5, 0.6) is 5.75 Å². The van der Waals surface area contributed by atoms with Gasteiger partial charge in [-0.25, -0.2) is 9.59 Å². The fraction of sp³-hybridized carbons (Fsp3) is 0.533. The molecule has 0 saturated heterocycles. The second-order valence-corrected chi connectivity index (χ2v) is 5.61. The lowest BCUT2D eigenvalue weighted by Crippen LogP contribution is -2.45. The molecule has 0 aliphatic heterocycles. The van der Waals surface area contributed by atoms with E-state index in [9.17, 15) is 9.59 Å². The molecule has 122 valence electrons. The molecule has 22 heavy (non-hydrogen) atoms. The van der Waals surface area contributed by atoms with Gasteiger partial charge in [-0.1, -0.05) is 0 Å². The third kappa shape index (κ3) is 5.59. The number of methoxy groups -OCH3 is 2. The molecule has 0 aliphatic rings. The topological polar surface area (TPSA) is 86.8 Å². The van der Waals surface area contributed by atoms with Crippen LogP contribution in [0, 0.1) is 0 Å². The summed E-state index contributed by atoms with van der Waals surface area (Å²) in [4.78, 5) is 27.7. The molecular weight excluding hydrogens is 288 g/mol. The van der Waals surface area contributed by atoms with Crippen molar-refractivity contribution in [2.24, 2.45) is 0 Å². The number of nitrogens with one attached hydrogen (secondary N) is 1. The highest BCUT2D eigenvalue weighted by atomic mass is 16.6. The predicted octanol–water partition coefficient (Wildman–Crippen LogP) is 1.70. The summed E-state index contributed by atoms with van der Waals surface area (Å²) in [6.45, 7) is 5.23. The van der Waals surface area contributed by atoms with Crippen molar-refractivity contribution in [3.63, 3.8) is 0 Å². The molecule has 0 spiro atoms. The Bertz CT molecular complexity index is 525. The van der Waals surface area contributed by atoms with Crippen LogP contribution in [0.2, 0.25) is 0 Å². The molecule has 0 aromatic carbocycles. The number of nitrogens with zero attached hydrogens (tertiary/aromatic N) is 1. The van der Waals surface area contributed by atoms with Crippen LogP contribution in [0.4, 0.5) is 4.79 Å². The summed E-state index contributed by atoms with van der Waals surface area (Å²) < 4.78 is 15.1. The average molecular weight is 310 g/mol. The van der Waals surface area contributed by atoms with Gasteiger partial charge in [-0.05, 0) is 32.4 Å². The summed E-state index contributed by atoms with van der Waals surface area (Å²) in [5, 5.41) is 2.51. The Balaban J connectivity index is 2.85. The fourth-order valence-corrected chi connectivity index (χ4v) is 1.77. The van der Waals surface area contributed by atoms with Gasteiger partial charge in [-0.15, -0.1) is 0 Å². The largest absolute Gasteiger partial charge is 0.495 e. The van der Waals surface area contributed by atoms with Gasteiger partial charge in [0, 0.05) is 12.6 Å². The summed E-state index contributed by atoms with van der Waals surface area (Å²) >= 11 is 0. The molecule has 0 unspecified atom stereocenters. The van der Waals surface area contributed by atoms with Crippen LogP contribution in [0.3, 0.4) is 0 Å². The maximum absolute atomic E-state index is 11.9.